The van der Waals surface area contributed by atoms with E-state index in [0.29, 0.717) is 17.8 Å². The molecule has 2 rings (SSSR count). The number of hydrogen-bond acceptors (Lipinski definition) is 3. The maximum atomic E-state index is 12.0. The van der Waals surface area contributed by atoms with E-state index in [1.54, 1.807) is 17.4 Å². The van der Waals surface area contributed by atoms with E-state index >= 15 is 0 Å². The van der Waals surface area contributed by atoms with Gasteiger partial charge in [-0.3, -0.25) is 4.79 Å². The Morgan fingerprint density at radius 3 is 2.79 bits per heavy atom. The molecule has 19 heavy (non-hydrogen) atoms. The van der Waals surface area contributed by atoms with Gasteiger partial charge in [-0.1, -0.05) is 0 Å². The number of anilines is 1. The van der Waals surface area contributed by atoms with Gasteiger partial charge >= 0.3 is 0 Å². The van der Waals surface area contributed by atoms with Crippen molar-refractivity contribution in [3.8, 4) is 0 Å². The van der Waals surface area contributed by atoms with Gasteiger partial charge in [-0.15, -0.1) is 11.3 Å². The average Bonchev–Trinajstić information content (AvgIpc) is 2.73. The second kappa shape index (κ2) is 6.21. The molecule has 0 atom stereocenters. The fourth-order valence-corrected chi connectivity index (χ4v) is 3.31. The van der Waals surface area contributed by atoms with Gasteiger partial charge in [-0.25, -0.2) is 0 Å². The van der Waals surface area contributed by atoms with Gasteiger partial charge in [0.05, 0.1) is 3.79 Å². The first-order valence-corrected chi connectivity index (χ1v) is 7.55. The molecule has 100 valence electrons. The van der Waals surface area contributed by atoms with E-state index in [0.717, 1.165) is 15.8 Å². The summed E-state index contributed by atoms with van der Waals surface area (Å²) in [5, 5.41) is 2.91. The van der Waals surface area contributed by atoms with Gasteiger partial charge < -0.3 is 11.1 Å². The monoisotopic (exact) mass is 338 g/mol. The van der Waals surface area contributed by atoms with E-state index < -0.39 is 0 Å². The van der Waals surface area contributed by atoms with Crippen molar-refractivity contribution in [3.05, 3.63) is 50.1 Å². The van der Waals surface area contributed by atoms with Crippen LogP contribution in [0.15, 0.2) is 34.1 Å². The molecular weight excluding hydrogens is 324 g/mol. The van der Waals surface area contributed by atoms with Crippen molar-refractivity contribution in [2.24, 2.45) is 0 Å². The van der Waals surface area contributed by atoms with Crippen LogP contribution in [0.5, 0.6) is 0 Å². The summed E-state index contributed by atoms with van der Waals surface area (Å²) in [6.45, 7) is 2.55. The first kappa shape index (κ1) is 14.1. The highest BCUT2D eigenvalue weighted by molar-refractivity contribution is 9.11. The van der Waals surface area contributed by atoms with Crippen LogP contribution >= 0.6 is 27.3 Å². The number of amides is 1. The van der Waals surface area contributed by atoms with E-state index in [-0.39, 0.29) is 5.91 Å². The average molecular weight is 339 g/mol. The molecule has 0 aliphatic heterocycles. The molecule has 2 aromatic rings. The fourth-order valence-electron chi connectivity index (χ4n) is 1.83. The van der Waals surface area contributed by atoms with E-state index in [1.165, 1.54) is 4.88 Å². The molecule has 0 radical (unpaired) electrons. The summed E-state index contributed by atoms with van der Waals surface area (Å²) >= 11 is 5.11. The summed E-state index contributed by atoms with van der Waals surface area (Å²) in [4.78, 5) is 13.2. The van der Waals surface area contributed by atoms with E-state index in [1.807, 2.05) is 25.1 Å². The van der Waals surface area contributed by atoms with Crippen molar-refractivity contribution < 1.29 is 4.79 Å². The number of halogens is 1. The van der Waals surface area contributed by atoms with Gasteiger partial charge in [0, 0.05) is 22.7 Å². The number of rotatable bonds is 4. The quantitative estimate of drug-likeness (QED) is 0.839. The molecule has 0 aliphatic rings. The zero-order chi connectivity index (χ0) is 13.8. The van der Waals surface area contributed by atoms with Crippen LogP contribution in [0.2, 0.25) is 0 Å². The lowest BCUT2D eigenvalue weighted by Gasteiger charge is -2.06. The van der Waals surface area contributed by atoms with Crippen LogP contribution in [0.3, 0.4) is 0 Å². The van der Waals surface area contributed by atoms with Gasteiger partial charge in [0.25, 0.3) is 5.91 Å². The standard InChI is InChI=1S/C14H15BrN2OS/c1-9-6-10(8-11(16)7-9)14(18)17-5-4-12-2-3-13(15)19-12/h2-3,6-8H,4-5,16H2,1H3,(H,17,18). The molecule has 5 heteroatoms. The van der Waals surface area contributed by atoms with E-state index in [2.05, 4.69) is 27.3 Å². The van der Waals surface area contributed by atoms with Crippen molar-refractivity contribution in [2.75, 3.05) is 12.3 Å². The van der Waals surface area contributed by atoms with Gasteiger partial charge in [-0.2, -0.15) is 0 Å². The summed E-state index contributed by atoms with van der Waals surface area (Å²) in [5.74, 6) is -0.0778. The second-order valence-corrected chi connectivity index (χ2v) is 6.89. The minimum atomic E-state index is -0.0778. The number of carbonyl (C=O) groups excluding carboxylic acids is 1. The Bertz CT molecular complexity index is 575. The number of hydrogen-bond donors (Lipinski definition) is 2. The Labute approximate surface area is 125 Å². The third-order valence-electron chi connectivity index (χ3n) is 2.65. The number of nitrogens with one attached hydrogen (secondary N) is 1. The summed E-state index contributed by atoms with van der Waals surface area (Å²) in [6.07, 6.45) is 0.837. The summed E-state index contributed by atoms with van der Waals surface area (Å²) < 4.78 is 1.11. The van der Waals surface area contributed by atoms with Crippen LogP contribution in [-0.2, 0) is 6.42 Å². The molecule has 1 amide bonds. The van der Waals surface area contributed by atoms with Crippen LogP contribution in [0.25, 0.3) is 0 Å². The lowest BCUT2D eigenvalue weighted by atomic mass is 10.1. The van der Waals surface area contributed by atoms with Crippen LogP contribution in [0.4, 0.5) is 5.69 Å². The molecule has 0 bridgehead atoms. The third kappa shape index (κ3) is 4.08. The van der Waals surface area contributed by atoms with Crippen molar-refractivity contribution >= 4 is 38.9 Å². The van der Waals surface area contributed by atoms with Crippen LogP contribution < -0.4 is 11.1 Å². The summed E-state index contributed by atoms with van der Waals surface area (Å²) in [7, 11) is 0. The predicted octanol–water partition coefficient (Wildman–Crippen LogP) is 3.37. The predicted molar refractivity (Wildman–Crippen MR) is 83.6 cm³/mol. The van der Waals surface area contributed by atoms with Crippen LogP contribution in [0, 0.1) is 6.92 Å². The van der Waals surface area contributed by atoms with Crippen LogP contribution in [-0.4, -0.2) is 12.5 Å². The molecule has 0 saturated carbocycles. The number of nitrogen functional groups attached to an aromatic ring is 1. The first-order chi connectivity index (χ1) is 9.04. The number of thiophene rings is 1. The molecule has 0 aliphatic carbocycles. The highest BCUT2D eigenvalue weighted by Crippen LogP contribution is 2.22. The first-order valence-electron chi connectivity index (χ1n) is 5.94. The largest absolute Gasteiger partial charge is 0.399 e. The normalized spacial score (nSPS) is 10.4. The molecule has 1 aromatic heterocycles. The highest BCUT2D eigenvalue weighted by atomic mass is 79.9. The molecule has 1 heterocycles. The number of nitrogens with two attached hydrogens (primary N) is 1. The molecule has 0 saturated heterocycles. The van der Waals surface area contributed by atoms with Gasteiger partial charge in [-0.05, 0) is 65.2 Å². The molecule has 3 N–H and O–H groups in total. The molecular formula is C14H15BrN2OS. The van der Waals surface area contributed by atoms with Gasteiger partial charge in [0.15, 0.2) is 0 Å². The molecule has 1 aromatic carbocycles. The molecule has 0 spiro atoms. The lowest BCUT2D eigenvalue weighted by molar-refractivity contribution is 0.0954. The SMILES string of the molecule is Cc1cc(N)cc(C(=O)NCCc2ccc(Br)s2)c1. The number of aryl methyl sites for hydroxylation is 1. The summed E-state index contributed by atoms with van der Waals surface area (Å²) in [5.41, 5.74) is 7.96. The Balaban J connectivity index is 1.90. The van der Waals surface area contributed by atoms with Gasteiger partial charge in [0.1, 0.15) is 0 Å². The zero-order valence-electron chi connectivity index (χ0n) is 10.6. The minimum absolute atomic E-state index is 0.0778. The second-order valence-electron chi connectivity index (χ2n) is 4.34. The smallest absolute Gasteiger partial charge is 0.251 e. The van der Waals surface area contributed by atoms with Crippen LogP contribution in [0.1, 0.15) is 20.8 Å². The fraction of sp³-hybridized carbons (Fsp3) is 0.214. The van der Waals surface area contributed by atoms with E-state index in [4.69, 9.17) is 5.73 Å². The van der Waals surface area contributed by atoms with E-state index in [9.17, 15) is 4.79 Å². The Morgan fingerprint density at radius 1 is 1.37 bits per heavy atom. The Hall–Kier alpha value is -1.33. The number of carbonyl (C=O) groups is 1. The number of benzene rings is 1. The molecule has 0 fully saturated rings. The van der Waals surface area contributed by atoms with Crippen molar-refractivity contribution in [3.63, 3.8) is 0 Å². The summed E-state index contributed by atoms with van der Waals surface area (Å²) in [6, 6.07) is 9.46. The Kier molecular flexibility index (Phi) is 4.61. The Morgan fingerprint density at radius 2 is 2.16 bits per heavy atom. The lowest BCUT2D eigenvalue weighted by Crippen LogP contribution is -2.25. The zero-order valence-corrected chi connectivity index (χ0v) is 13.0. The molecule has 3 nitrogen and oxygen atoms in total. The highest BCUT2D eigenvalue weighted by Gasteiger charge is 2.06. The van der Waals surface area contributed by atoms with Gasteiger partial charge in [0.2, 0.25) is 0 Å². The molecule has 0 unspecified atom stereocenters. The maximum Gasteiger partial charge on any atom is 0.251 e. The van der Waals surface area contributed by atoms with Crippen molar-refractivity contribution in [1.82, 2.24) is 5.32 Å². The third-order valence-corrected chi connectivity index (χ3v) is 4.33. The maximum absolute atomic E-state index is 12.0. The topological polar surface area (TPSA) is 55.1 Å². The van der Waals surface area contributed by atoms with Crippen molar-refractivity contribution in [1.29, 1.82) is 0 Å². The van der Waals surface area contributed by atoms with Crippen molar-refractivity contribution in [2.45, 2.75) is 13.3 Å². The minimum Gasteiger partial charge on any atom is -0.399 e.